The smallest absolute Gasteiger partial charge is 0.303 e. The summed E-state index contributed by atoms with van der Waals surface area (Å²) >= 11 is 0. The highest BCUT2D eigenvalue weighted by Gasteiger charge is 2.19. The van der Waals surface area contributed by atoms with E-state index in [4.69, 9.17) is 9.84 Å². The number of nitrogens with zero attached hydrogens (tertiary/aromatic N) is 2. The molecule has 3 N–H and O–H groups in total. The third kappa shape index (κ3) is 6.37. The molecule has 7 heteroatoms. The van der Waals surface area contributed by atoms with Gasteiger partial charge in [0.25, 0.3) is 0 Å². The lowest BCUT2D eigenvalue weighted by Crippen LogP contribution is -2.29. The van der Waals surface area contributed by atoms with Gasteiger partial charge in [-0.15, -0.1) is 0 Å². The summed E-state index contributed by atoms with van der Waals surface area (Å²) in [6.45, 7) is 6.05. The molecule has 0 amide bonds. The minimum absolute atomic E-state index is 0.227. The number of phenols is 2. The van der Waals surface area contributed by atoms with E-state index in [0.29, 0.717) is 13.2 Å². The third-order valence-electron chi connectivity index (χ3n) is 7.78. The van der Waals surface area contributed by atoms with Crippen LogP contribution in [0.25, 0.3) is 22.2 Å². The molecule has 1 fully saturated rings. The van der Waals surface area contributed by atoms with Gasteiger partial charge in [0.15, 0.2) is 0 Å². The normalized spacial score (nSPS) is 16.3. The molecule has 0 bridgehead atoms. The SMILES string of the molecule is Cc1c(-c2ccc(O)cc2)n(Cc2ccc(OCCN3CCCC(CC(=O)O)CC3)cc2)c2ccc(O)cc12. The monoisotopic (exact) mass is 528 g/mol. The summed E-state index contributed by atoms with van der Waals surface area (Å²) in [5.74, 6) is 0.875. The second-order valence-corrected chi connectivity index (χ2v) is 10.5. The Kier molecular flexibility index (Phi) is 8.07. The molecular formula is C32H36N2O5. The number of carbonyl (C=O) groups is 1. The molecule has 0 spiro atoms. The number of phenolic OH excluding ortho intramolecular Hbond substituents is 2. The van der Waals surface area contributed by atoms with Crippen molar-refractivity contribution in [1.29, 1.82) is 0 Å². The summed E-state index contributed by atoms with van der Waals surface area (Å²) in [5, 5.41) is 30.0. The first-order valence-electron chi connectivity index (χ1n) is 13.6. The van der Waals surface area contributed by atoms with Crippen LogP contribution in [0.5, 0.6) is 17.2 Å². The lowest BCUT2D eigenvalue weighted by atomic mass is 9.97. The molecule has 1 unspecified atom stereocenters. The number of carboxylic acids is 1. The van der Waals surface area contributed by atoms with Crippen LogP contribution < -0.4 is 4.74 Å². The molecular weight excluding hydrogens is 492 g/mol. The number of likely N-dealkylation sites (tertiary alicyclic amines) is 1. The third-order valence-corrected chi connectivity index (χ3v) is 7.78. The Morgan fingerprint density at radius 3 is 2.44 bits per heavy atom. The van der Waals surface area contributed by atoms with Crippen molar-refractivity contribution in [2.24, 2.45) is 5.92 Å². The van der Waals surface area contributed by atoms with Crippen molar-refractivity contribution in [2.75, 3.05) is 26.2 Å². The van der Waals surface area contributed by atoms with Crippen LogP contribution in [0.2, 0.25) is 0 Å². The summed E-state index contributed by atoms with van der Waals surface area (Å²) in [7, 11) is 0. The molecule has 204 valence electrons. The van der Waals surface area contributed by atoms with Crippen molar-refractivity contribution < 1.29 is 24.9 Å². The zero-order chi connectivity index (χ0) is 27.4. The average Bonchev–Trinajstić information content (AvgIpc) is 3.03. The van der Waals surface area contributed by atoms with E-state index in [9.17, 15) is 15.0 Å². The average molecular weight is 529 g/mol. The van der Waals surface area contributed by atoms with E-state index >= 15 is 0 Å². The number of aromatic hydroxyl groups is 2. The number of carboxylic acid groups (broad SMARTS) is 1. The molecule has 3 aromatic carbocycles. The van der Waals surface area contributed by atoms with E-state index in [2.05, 4.69) is 28.5 Å². The van der Waals surface area contributed by atoms with Gasteiger partial charge < -0.3 is 24.6 Å². The number of ether oxygens (including phenoxy) is 1. The predicted octanol–water partition coefficient (Wildman–Crippen LogP) is 6.03. The first kappa shape index (κ1) is 26.6. The molecule has 0 radical (unpaired) electrons. The van der Waals surface area contributed by atoms with E-state index in [-0.39, 0.29) is 23.8 Å². The fourth-order valence-corrected chi connectivity index (χ4v) is 5.73. The first-order valence-corrected chi connectivity index (χ1v) is 13.6. The Morgan fingerprint density at radius 1 is 0.949 bits per heavy atom. The van der Waals surface area contributed by atoms with Gasteiger partial charge in [0.05, 0.1) is 5.69 Å². The second-order valence-electron chi connectivity index (χ2n) is 10.5. The maximum atomic E-state index is 11.0. The highest BCUT2D eigenvalue weighted by molar-refractivity contribution is 5.92. The Labute approximate surface area is 228 Å². The quantitative estimate of drug-likeness (QED) is 0.245. The highest BCUT2D eigenvalue weighted by atomic mass is 16.5. The van der Waals surface area contributed by atoms with Crippen molar-refractivity contribution in [3.8, 4) is 28.5 Å². The van der Waals surface area contributed by atoms with Crippen LogP contribution in [0.15, 0.2) is 66.7 Å². The zero-order valence-electron chi connectivity index (χ0n) is 22.3. The summed E-state index contributed by atoms with van der Waals surface area (Å²) in [4.78, 5) is 13.4. The van der Waals surface area contributed by atoms with Crippen LogP contribution in [-0.2, 0) is 11.3 Å². The molecule has 1 saturated heterocycles. The van der Waals surface area contributed by atoms with Crippen molar-refractivity contribution in [2.45, 2.75) is 39.2 Å². The van der Waals surface area contributed by atoms with Crippen LogP contribution in [-0.4, -0.2) is 57.0 Å². The van der Waals surface area contributed by atoms with Gasteiger partial charge in [-0.2, -0.15) is 0 Å². The number of aryl methyl sites for hydroxylation is 1. The van der Waals surface area contributed by atoms with Crippen LogP contribution >= 0.6 is 0 Å². The lowest BCUT2D eigenvalue weighted by molar-refractivity contribution is -0.138. The molecule has 1 atom stereocenters. The Bertz CT molecular complexity index is 1430. The maximum absolute atomic E-state index is 11.0. The van der Waals surface area contributed by atoms with E-state index < -0.39 is 5.97 Å². The highest BCUT2D eigenvalue weighted by Crippen LogP contribution is 2.36. The Hall–Kier alpha value is -3.97. The number of aliphatic carboxylic acids is 1. The minimum Gasteiger partial charge on any atom is -0.508 e. The Morgan fingerprint density at radius 2 is 1.69 bits per heavy atom. The molecule has 4 aromatic rings. The molecule has 1 aliphatic rings. The zero-order valence-corrected chi connectivity index (χ0v) is 22.3. The number of fused-ring (bicyclic) bond motifs is 1. The van der Waals surface area contributed by atoms with E-state index in [0.717, 1.165) is 77.9 Å². The van der Waals surface area contributed by atoms with Crippen LogP contribution in [0, 0.1) is 12.8 Å². The molecule has 0 saturated carbocycles. The molecule has 39 heavy (non-hydrogen) atoms. The van der Waals surface area contributed by atoms with Gasteiger partial charge in [-0.1, -0.05) is 12.1 Å². The summed E-state index contributed by atoms with van der Waals surface area (Å²) in [5.41, 5.74) is 5.30. The fourth-order valence-electron chi connectivity index (χ4n) is 5.73. The van der Waals surface area contributed by atoms with Gasteiger partial charge in [-0.25, -0.2) is 0 Å². The minimum atomic E-state index is -0.698. The summed E-state index contributed by atoms with van der Waals surface area (Å²) in [6.07, 6.45) is 3.22. The van der Waals surface area contributed by atoms with Crippen LogP contribution in [0.4, 0.5) is 0 Å². The van der Waals surface area contributed by atoms with Gasteiger partial charge in [0, 0.05) is 30.4 Å². The number of hydrogen-bond acceptors (Lipinski definition) is 5. The van der Waals surface area contributed by atoms with E-state index in [1.54, 1.807) is 24.3 Å². The topological polar surface area (TPSA) is 95.2 Å². The predicted molar refractivity (Wildman–Crippen MR) is 153 cm³/mol. The lowest BCUT2D eigenvalue weighted by Gasteiger charge is -2.20. The van der Waals surface area contributed by atoms with Crippen molar-refractivity contribution in [1.82, 2.24) is 9.47 Å². The van der Waals surface area contributed by atoms with Gasteiger partial charge >= 0.3 is 5.97 Å². The van der Waals surface area contributed by atoms with Gasteiger partial charge in [0.2, 0.25) is 0 Å². The van der Waals surface area contributed by atoms with Crippen molar-refractivity contribution in [3.05, 3.63) is 77.9 Å². The fraction of sp³-hybridized carbons (Fsp3) is 0.344. The van der Waals surface area contributed by atoms with E-state index in [1.807, 2.05) is 30.3 Å². The largest absolute Gasteiger partial charge is 0.508 e. The summed E-state index contributed by atoms with van der Waals surface area (Å²) < 4.78 is 8.30. The maximum Gasteiger partial charge on any atom is 0.303 e. The van der Waals surface area contributed by atoms with Crippen molar-refractivity contribution >= 4 is 16.9 Å². The Balaban J connectivity index is 1.25. The van der Waals surface area contributed by atoms with Gasteiger partial charge in [-0.3, -0.25) is 9.69 Å². The molecule has 5 rings (SSSR count). The van der Waals surface area contributed by atoms with Crippen LogP contribution in [0.3, 0.4) is 0 Å². The molecule has 1 aliphatic heterocycles. The number of rotatable bonds is 9. The summed E-state index contributed by atoms with van der Waals surface area (Å²) in [6, 6.07) is 20.9. The first-order chi connectivity index (χ1) is 18.9. The van der Waals surface area contributed by atoms with Gasteiger partial charge in [-0.05, 0) is 116 Å². The second kappa shape index (κ2) is 11.8. The molecule has 0 aliphatic carbocycles. The molecule has 2 heterocycles. The van der Waals surface area contributed by atoms with Crippen LogP contribution in [0.1, 0.15) is 36.8 Å². The molecule has 1 aromatic heterocycles. The molecule has 7 nitrogen and oxygen atoms in total. The van der Waals surface area contributed by atoms with Crippen molar-refractivity contribution in [3.63, 3.8) is 0 Å². The van der Waals surface area contributed by atoms with E-state index in [1.165, 1.54) is 0 Å². The number of aromatic nitrogens is 1. The number of hydrogen-bond donors (Lipinski definition) is 3. The standard InChI is InChI=1S/C32H36N2O5/c1-22-29-20-27(36)10-13-30(29)34(32(22)25-6-8-26(35)9-7-25)21-24-4-11-28(12-5-24)39-18-17-33-15-2-3-23(14-16-33)19-31(37)38/h4-13,20,23,35-36H,2-3,14-19,21H2,1H3,(H,37,38). The van der Waals surface area contributed by atoms with Gasteiger partial charge in [0.1, 0.15) is 23.9 Å². The number of benzene rings is 3.